The number of methoxy groups -OCH3 is 1. The van der Waals surface area contributed by atoms with Crippen molar-refractivity contribution in [1.82, 2.24) is 14.8 Å². The summed E-state index contributed by atoms with van der Waals surface area (Å²) >= 11 is 1.68. The smallest absolute Gasteiger partial charge is 0.193 e. The van der Waals surface area contributed by atoms with E-state index in [1.165, 1.54) is 5.56 Å². The highest BCUT2D eigenvalue weighted by molar-refractivity contribution is 7.13. The standard InChI is InChI=1S/C32H39N3O4S/c1-20(2)39-29-17-23-22(15-28(29)38-3)10-13-35-25(16-24(31(23)35)30-9-5-14-40-30)27(36)19-34-12-6-11-33-18-26(34)32(37)21-7-4-8-21/h5,9,14-17,20-21,26,33H,4,6-8,10-13,18-19H2,1-3H3. The topological polar surface area (TPSA) is 72.8 Å². The Hall–Kier alpha value is -2.94. The van der Waals surface area contributed by atoms with E-state index in [1.807, 2.05) is 13.8 Å². The maximum atomic E-state index is 14.1. The Balaban J connectivity index is 1.38. The molecule has 0 bridgehead atoms. The second-order valence-corrected chi connectivity index (χ2v) is 12.4. The van der Waals surface area contributed by atoms with Crippen LogP contribution in [0.15, 0.2) is 35.7 Å². The number of fused-ring (bicyclic) bond motifs is 3. The Kier molecular flexibility index (Phi) is 7.84. The second-order valence-electron chi connectivity index (χ2n) is 11.5. The molecule has 2 aliphatic heterocycles. The number of carbonyl (C=O) groups excluding carboxylic acids is 2. The molecule has 1 aromatic carbocycles. The molecule has 4 heterocycles. The Morgan fingerprint density at radius 1 is 1.10 bits per heavy atom. The summed E-state index contributed by atoms with van der Waals surface area (Å²) in [5.74, 6) is 1.99. The monoisotopic (exact) mass is 561 g/mol. The lowest BCUT2D eigenvalue weighted by Crippen LogP contribution is -2.50. The highest BCUT2D eigenvalue weighted by Gasteiger charge is 2.37. The number of ether oxygens (including phenoxy) is 2. The van der Waals surface area contributed by atoms with Crippen LogP contribution in [0.1, 0.15) is 55.6 Å². The Bertz CT molecular complexity index is 1390. The summed E-state index contributed by atoms with van der Waals surface area (Å²) < 4.78 is 14.0. The van der Waals surface area contributed by atoms with Crippen LogP contribution in [0.4, 0.5) is 0 Å². The lowest BCUT2D eigenvalue weighted by atomic mass is 9.79. The van der Waals surface area contributed by atoms with Crippen molar-refractivity contribution in [3.63, 3.8) is 0 Å². The number of thiophene rings is 1. The molecule has 1 atom stereocenters. The molecule has 1 saturated carbocycles. The summed E-state index contributed by atoms with van der Waals surface area (Å²) in [6.07, 6.45) is 4.85. The molecule has 8 heteroatoms. The highest BCUT2D eigenvalue weighted by atomic mass is 32.1. The predicted octanol–water partition coefficient (Wildman–Crippen LogP) is 5.45. The molecule has 212 valence electrons. The van der Waals surface area contributed by atoms with E-state index in [0.717, 1.165) is 78.3 Å². The average molecular weight is 562 g/mol. The fraction of sp³-hybridized carbons (Fsp3) is 0.500. The zero-order valence-corrected chi connectivity index (χ0v) is 24.5. The average Bonchev–Trinajstić information content (AvgIpc) is 3.51. The number of aromatic nitrogens is 1. The van der Waals surface area contributed by atoms with Crippen LogP contribution in [0.5, 0.6) is 11.5 Å². The van der Waals surface area contributed by atoms with E-state index >= 15 is 0 Å². The molecule has 0 spiro atoms. The SMILES string of the molecule is COc1cc2c(cc1OC(C)C)-c1c(-c3cccs3)cc(C(=O)CN3CCCNCC3C(=O)C3CCC3)n1CC2. The van der Waals surface area contributed by atoms with Crippen LogP contribution in [0.3, 0.4) is 0 Å². The van der Waals surface area contributed by atoms with Crippen molar-refractivity contribution >= 4 is 22.9 Å². The van der Waals surface area contributed by atoms with Gasteiger partial charge in [-0.2, -0.15) is 0 Å². The molecule has 1 unspecified atom stereocenters. The van der Waals surface area contributed by atoms with Gasteiger partial charge in [0.15, 0.2) is 23.1 Å². The fourth-order valence-electron chi connectivity index (χ4n) is 6.32. The number of carbonyl (C=O) groups is 2. The van der Waals surface area contributed by atoms with Gasteiger partial charge in [-0.15, -0.1) is 11.3 Å². The first-order chi connectivity index (χ1) is 19.4. The molecule has 1 saturated heterocycles. The third kappa shape index (κ3) is 5.13. The van der Waals surface area contributed by atoms with Crippen molar-refractivity contribution in [3.05, 3.63) is 47.0 Å². The first-order valence-corrected chi connectivity index (χ1v) is 15.5. The molecule has 0 radical (unpaired) electrons. The van der Waals surface area contributed by atoms with Gasteiger partial charge in [-0.1, -0.05) is 12.5 Å². The molecule has 1 aliphatic carbocycles. The predicted molar refractivity (Wildman–Crippen MR) is 159 cm³/mol. The quantitative estimate of drug-likeness (QED) is 0.350. The van der Waals surface area contributed by atoms with Gasteiger partial charge < -0.3 is 19.4 Å². The molecule has 0 amide bonds. The summed E-state index contributed by atoms with van der Waals surface area (Å²) in [7, 11) is 1.68. The molecule has 3 aliphatic rings. The third-order valence-corrected chi connectivity index (χ3v) is 9.44. The molecular weight excluding hydrogens is 522 g/mol. The number of ketones is 2. The van der Waals surface area contributed by atoms with Gasteiger partial charge in [-0.25, -0.2) is 0 Å². The van der Waals surface area contributed by atoms with Crippen molar-refractivity contribution in [2.45, 2.75) is 64.6 Å². The van der Waals surface area contributed by atoms with Gasteiger partial charge in [0, 0.05) is 41.6 Å². The van der Waals surface area contributed by atoms with Crippen LogP contribution >= 0.6 is 11.3 Å². The van der Waals surface area contributed by atoms with Crippen LogP contribution in [-0.4, -0.2) is 66.5 Å². The minimum atomic E-state index is -0.228. The number of rotatable bonds is 9. The van der Waals surface area contributed by atoms with Gasteiger partial charge in [0.25, 0.3) is 0 Å². The first-order valence-electron chi connectivity index (χ1n) is 14.6. The molecule has 1 N–H and O–H groups in total. The van der Waals surface area contributed by atoms with E-state index < -0.39 is 0 Å². The molecule has 7 nitrogen and oxygen atoms in total. The van der Waals surface area contributed by atoms with Crippen LogP contribution in [-0.2, 0) is 17.8 Å². The zero-order chi connectivity index (χ0) is 27.8. The van der Waals surface area contributed by atoms with E-state index in [-0.39, 0.29) is 30.4 Å². The van der Waals surface area contributed by atoms with Crippen molar-refractivity contribution in [2.75, 3.05) is 33.3 Å². The molecular formula is C32H39N3O4S. The van der Waals surface area contributed by atoms with Crippen molar-refractivity contribution in [2.24, 2.45) is 5.92 Å². The van der Waals surface area contributed by atoms with Crippen LogP contribution in [0.2, 0.25) is 0 Å². The maximum Gasteiger partial charge on any atom is 0.193 e. The lowest BCUT2D eigenvalue weighted by molar-refractivity contribution is -0.130. The van der Waals surface area contributed by atoms with Gasteiger partial charge in [0.1, 0.15) is 0 Å². The number of nitrogens with zero attached hydrogens (tertiary/aromatic N) is 2. The summed E-state index contributed by atoms with van der Waals surface area (Å²) in [4.78, 5) is 30.7. The fourth-order valence-corrected chi connectivity index (χ4v) is 7.06. The molecule has 2 fully saturated rings. The zero-order valence-electron chi connectivity index (χ0n) is 23.7. The van der Waals surface area contributed by atoms with Crippen LogP contribution in [0, 0.1) is 5.92 Å². The minimum Gasteiger partial charge on any atom is -0.493 e. The summed E-state index contributed by atoms with van der Waals surface area (Å²) in [5.41, 5.74) is 5.13. The number of benzene rings is 1. The van der Waals surface area contributed by atoms with Gasteiger partial charge in [-0.05, 0) is 81.3 Å². The van der Waals surface area contributed by atoms with Crippen LogP contribution < -0.4 is 14.8 Å². The molecule has 2 aromatic heterocycles. The Labute approximate surface area is 240 Å². The second kappa shape index (κ2) is 11.5. The summed E-state index contributed by atoms with van der Waals surface area (Å²) in [5, 5.41) is 5.51. The highest BCUT2D eigenvalue weighted by Crippen LogP contribution is 2.45. The summed E-state index contributed by atoms with van der Waals surface area (Å²) in [6, 6.07) is 10.2. The van der Waals surface area contributed by atoms with E-state index in [0.29, 0.717) is 24.6 Å². The number of hydrogen-bond donors (Lipinski definition) is 1. The summed E-state index contributed by atoms with van der Waals surface area (Å²) in [6.45, 7) is 7.26. The number of hydrogen-bond acceptors (Lipinski definition) is 7. The number of nitrogens with one attached hydrogen (secondary N) is 1. The minimum absolute atomic E-state index is 0.00920. The number of aryl methyl sites for hydroxylation is 1. The van der Waals surface area contributed by atoms with Gasteiger partial charge >= 0.3 is 0 Å². The molecule has 6 rings (SSSR count). The van der Waals surface area contributed by atoms with Crippen molar-refractivity contribution in [3.8, 4) is 33.2 Å². The van der Waals surface area contributed by atoms with Gasteiger partial charge in [0.05, 0.1) is 37.2 Å². The van der Waals surface area contributed by atoms with E-state index in [1.54, 1.807) is 18.4 Å². The van der Waals surface area contributed by atoms with Gasteiger partial charge in [0.2, 0.25) is 0 Å². The van der Waals surface area contributed by atoms with E-state index in [2.05, 4.69) is 50.5 Å². The first kappa shape index (κ1) is 27.2. The van der Waals surface area contributed by atoms with Crippen molar-refractivity contribution < 1.29 is 19.1 Å². The normalized spacial score (nSPS) is 19.4. The molecule has 3 aromatic rings. The van der Waals surface area contributed by atoms with Gasteiger partial charge in [-0.3, -0.25) is 14.5 Å². The van der Waals surface area contributed by atoms with Crippen LogP contribution in [0.25, 0.3) is 21.7 Å². The van der Waals surface area contributed by atoms with E-state index in [9.17, 15) is 9.59 Å². The molecule has 40 heavy (non-hydrogen) atoms. The van der Waals surface area contributed by atoms with Crippen molar-refractivity contribution in [1.29, 1.82) is 0 Å². The lowest BCUT2D eigenvalue weighted by Gasteiger charge is -2.34. The maximum absolute atomic E-state index is 14.1. The Morgan fingerprint density at radius 2 is 1.95 bits per heavy atom. The number of Topliss-reactive ketones (excluding diaryl/α,β-unsaturated/α-hetero) is 2. The Morgan fingerprint density at radius 3 is 2.65 bits per heavy atom. The largest absolute Gasteiger partial charge is 0.493 e. The third-order valence-electron chi connectivity index (χ3n) is 8.54. The van der Waals surface area contributed by atoms with E-state index in [4.69, 9.17) is 9.47 Å².